The number of hydrogen-bond donors (Lipinski definition) is 1. The number of thioether (sulfide) groups is 1. The van der Waals surface area contributed by atoms with Gasteiger partial charge in [0.25, 0.3) is 5.56 Å². The van der Waals surface area contributed by atoms with Gasteiger partial charge in [0, 0.05) is 6.54 Å². The summed E-state index contributed by atoms with van der Waals surface area (Å²) in [5.41, 5.74) is 0.528. The number of H-pyrrole nitrogens is 1. The van der Waals surface area contributed by atoms with Crippen LogP contribution in [0.4, 0.5) is 0 Å². The van der Waals surface area contributed by atoms with E-state index in [4.69, 9.17) is 4.74 Å². The average molecular weight is 371 g/mol. The summed E-state index contributed by atoms with van der Waals surface area (Å²) in [6.45, 7) is 6.20. The second-order valence-electron chi connectivity index (χ2n) is 5.45. The maximum atomic E-state index is 12.3. The Kier molecular flexibility index (Phi) is 5.17. The van der Waals surface area contributed by atoms with Crippen LogP contribution in [0.1, 0.15) is 22.0 Å². The number of esters is 1. The number of hydrogen-bond acceptors (Lipinski definition) is 7. The average Bonchev–Trinajstić information content (AvgIpc) is 2.99. The second-order valence-corrected chi connectivity index (χ2v) is 6.40. The molecule has 2 heterocycles. The molecule has 0 aliphatic rings. The van der Waals surface area contributed by atoms with Gasteiger partial charge in [-0.05, 0) is 25.1 Å². The number of nitrogens with one attached hydrogen (secondary N) is 1. The van der Waals surface area contributed by atoms with Crippen molar-refractivity contribution < 1.29 is 9.53 Å². The van der Waals surface area contributed by atoms with Crippen molar-refractivity contribution in [3.63, 3.8) is 0 Å². The van der Waals surface area contributed by atoms with Crippen LogP contribution in [0.15, 0.2) is 40.8 Å². The van der Waals surface area contributed by atoms with Crippen LogP contribution in [0.2, 0.25) is 0 Å². The topological polar surface area (TPSA) is 103 Å². The Labute approximate surface area is 153 Å². The molecule has 0 spiro atoms. The number of ether oxygens (including phenoxy) is 1. The summed E-state index contributed by atoms with van der Waals surface area (Å²) in [4.78, 5) is 31.1. The molecule has 3 aromatic rings. The number of benzene rings is 1. The molecule has 1 N–H and O–H groups in total. The van der Waals surface area contributed by atoms with E-state index in [-0.39, 0.29) is 5.56 Å². The molecule has 0 fully saturated rings. The summed E-state index contributed by atoms with van der Waals surface area (Å²) in [6.07, 6.45) is 1.77. The lowest BCUT2D eigenvalue weighted by atomic mass is 10.1. The van der Waals surface area contributed by atoms with Gasteiger partial charge in [-0.2, -0.15) is 0 Å². The first kappa shape index (κ1) is 17.9. The Hall–Kier alpha value is -2.94. The van der Waals surface area contributed by atoms with E-state index in [0.717, 1.165) is 5.82 Å². The van der Waals surface area contributed by atoms with Crippen LogP contribution in [-0.4, -0.2) is 37.8 Å². The number of aromatic amines is 1. The van der Waals surface area contributed by atoms with Gasteiger partial charge in [0.1, 0.15) is 11.6 Å². The highest BCUT2D eigenvalue weighted by Gasteiger charge is 2.12. The quantitative estimate of drug-likeness (QED) is 0.402. The van der Waals surface area contributed by atoms with Crippen LogP contribution in [0.3, 0.4) is 0 Å². The van der Waals surface area contributed by atoms with E-state index in [0.29, 0.717) is 39.7 Å². The normalized spacial score (nSPS) is 10.8. The number of methoxy groups -OCH3 is 1. The van der Waals surface area contributed by atoms with Gasteiger partial charge in [-0.3, -0.25) is 4.79 Å². The SMILES string of the molecule is C=CCn1c(C)nnc1SCc1nc2cc(C(=O)OC)ccc2c(=O)[nH]1. The van der Waals surface area contributed by atoms with Crippen molar-refractivity contribution in [2.45, 2.75) is 24.4 Å². The second kappa shape index (κ2) is 7.52. The molecule has 0 radical (unpaired) electrons. The van der Waals surface area contributed by atoms with E-state index in [2.05, 4.69) is 26.7 Å². The van der Waals surface area contributed by atoms with E-state index in [9.17, 15) is 9.59 Å². The van der Waals surface area contributed by atoms with Crippen molar-refractivity contribution in [1.29, 1.82) is 0 Å². The number of aromatic nitrogens is 5. The molecule has 0 bridgehead atoms. The Balaban J connectivity index is 1.89. The van der Waals surface area contributed by atoms with Crippen molar-refractivity contribution in [3.05, 3.63) is 58.4 Å². The Morgan fingerprint density at radius 2 is 2.23 bits per heavy atom. The zero-order chi connectivity index (χ0) is 18.7. The number of aryl methyl sites for hydroxylation is 1. The lowest BCUT2D eigenvalue weighted by Crippen LogP contribution is -2.12. The highest BCUT2D eigenvalue weighted by atomic mass is 32.2. The van der Waals surface area contributed by atoms with Crippen molar-refractivity contribution in [2.24, 2.45) is 0 Å². The molecular formula is C17H17N5O3S. The molecule has 2 aromatic heterocycles. The lowest BCUT2D eigenvalue weighted by molar-refractivity contribution is 0.0601. The van der Waals surface area contributed by atoms with Crippen molar-refractivity contribution >= 4 is 28.6 Å². The largest absolute Gasteiger partial charge is 0.465 e. The van der Waals surface area contributed by atoms with Crippen LogP contribution in [0, 0.1) is 6.92 Å². The summed E-state index contributed by atoms with van der Waals surface area (Å²) in [7, 11) is 1.31. The van der Waals surface area contributed by atoms with E-state index < -0.39 is 5.97 Å². The molecule has 0 amide bonds. The zero-order valence-electron chi connectivity index (χ0n) is 14.4. The molecule has 0 saturated heterocycles. The minimum absolute atomic E-state index is 0.259. The third-order valence-corrected chi connectivity index (χ3v) is 4.71. The summed E-state index contributed by atoms with van der Waals surface area (Å²) in [5, 5.41) is 9.32. The molecule has 26 heavy (non-hydrogen) atoms. The van der Waals surface area contributed by atoms with E-state index in [1.807, 2.05) is 11.5 Å². The van der Waals surface area contributed by atoms with Crippen LogP contribution in [-0.2, 0) is 17.0 Å². The molecule has 0 aliphatic heterocycles. The van der Waals surface area contributed by atoms with Gasteiger partial charge >= 0.3 is 5.97 Å². The van der Waals surface area contributed by atoms with E-state index >= 15 is 0 Å². The molecule has 0 atom stereocenters. The Morgan fingerprint density at radius 3 is 2.96 bits per heavy atom. The van der Waals surface area contributed by atoms with Gasteiger partial charge in [0.2, 0.25) is 0 Å². The fraction of sp³-hybridized carbons (Fsp3) is 0.235. The monoisotopic (exact) mass is 371 g/mol. The minimum Gasteiger partial charge on any atom is -0.465 e. The zero-order valence-corrected chi connectivity index (χ0v) is 15.2. The summed E-state index contributed by atoms with van der Waals surface area (Å²) >= 11 is 1.41. The predicted molar refractivity (Wildman–Crippen MR) is 98.2 cm³/mol. The highest BCUT2D eigenvalue weighted by molar-refractivity contribution is 7.98. The molecule has 8 nitrogen and oxygen atoms in total. The maximum absolute atomic E-state index is 12.3. The van der Waals surface area contributed by atoms with Crippen molar-refractivity contribution in [2.75, 3.05) is 7.11 Å². The number of rotatable bonds is 6. The van der Waals surface area contributed by atoms with Crippen LogP contribution >= 0.6 is 11.8 Å². The first-order valence-corrected chi connectivity index (χ1v) is 8.76. The first-order valence-electron chi connectivity index (χ1n) is 7.78. The molecule has 1 aromatic carbocycles. The smallest absolute Gasteiger partial charge is 0.337 e. The summed E-state index contributed by atoms with van der Waals surface area (Å²) < 4.78 is 6.63. The molecule has 134 valence electrons. The van der Waals surface area contributed by atoms with Crippen molar-refractivity contribution in [1.82, 2.24) is 24.7 Å². The van der Waals surface area contributed by atoms with Gasteiger partial charge in [-0.25, -0.2) is 9.78 Å². The minimum atomic E-state index is -0.474. The lowest BCUT2D eigenvalue weighted by Gasteiger charge is -2.06. The number of allylic oxidation sites excluding steroid dienone is 1. The molecule has 0 unspecified atom stereocenters. The number of carbonyl (C=O) groups excluding carboxylic acids is 1. The molecular weight excluding hydrogens is 354 g/mol. The highest BCUT2D eigenvalue weighted by Crippen LogP contribution is 2.21. The molecule has 0 saturated carbocycles. The molecule has 3 rings (SSSR count). The fourth-order valence-electron chi connectivity index (χ4n) is 2.44. The predicted octanol–water partition coefficient (Wildman–Crippen LogP) is 2.09. The summed E-state index contributed by atoms with van der Waals surface area (Å²) in [6, 6.07) is 4.66. The van der Waals surface area contributed by atoms with Crippen molar-refractivity contribution in [3.8, 4) is 0 Å². The summed E-state index contributed by atoms with van der Waals surface area (Å²) in [5.74, 6) is 1.21. The third kappa shape index (κ3) is 3.52. The Bertz CT molecular complexity index is 1040. The first-order chi connectivity index (χ1) is 12.5. The number of nitrogens with zero attached hydrogens (tertiary/aromatic N) is 4. The molecule has 9 heteroatoms. The number of fused-ring (bicyclic) bond motifs is 1. The third-order valence-electron chi connectivity index (χ3n) is 3.73. The van der Waals surface area contributed by atoms with Crippen LogP contribution in [0.25, 0.3) is 10.9 Å². The fourth-order valence-corrected chi connectivity index (χ4v) is 3.31. The number of carbonyl (C=O) groups is 1. The Morgan fingerprint density at radius 1 is 1.42 bits per heavy atom. The maximum Gasteiger partial charge on any atom is 0.337 e. The van der Waals surface area contributed by atoms with E-state index in [1.165, 1.54) is 18.9 Å². The van der Waals surface area contributed by atoms with E-state index in [1.54, 1.807) is 24.3 Å². The van der Waals surface area contributed by atoms with Gasteiger partial charge in [-0.15, -0.1) is 16.8 Å². The van der Waals surface area contributed by atoms with Crippen LogP contribution in [0.5, 0.6) is 0 Å². The van der Waals surface area contributed by atoms with Crippen LogP contribution < -0.4 is 5.56 Å². The van der Waals surface area contributed by atoms with Gasteiger partial charge in [0.05, 0.1) is 29.3 Å². The van der Waals surface area contributed by atoms with Gasteiger partial charge in [-0.1, -0.05) is 17.8 Å². The van der Waals surface area contributed by atoms with Gasteiger partial charge < -0.3 is 14.3 Å². The standard InChI is InChI=1S/C17H17N5O3S/c1-4-7-22-10(2)20-21-17(22)26-9-14-18-13-8-11(16(24)25-3)5-6-12(13)15(23)19-14/h4-6,8H,1,7,9H2,2-3H3,(H,18,19,23). The molecule has 0 aliphatic carbocycles. The van der Waals surface area contributed by atoms with Gasteiger partial charge in [0.15, 0.2) is 5.16 Å².